The maximum absolute atomic E-state index is 13.8. The number of thioether (sulfide) groups is 1. The van der Waals surface area contributed by atoms with Crippen molar-refractivity contribution >= 4 is 44.4 Å². The highest BCUT2D eigenvalue weighted by atomic mass is 79.9. The van der Waals surface area contributed by atoms with Crippen molar-refractivity contribution < 1.29 is 14.0 Å². The molecule has 0 radical (unpaired) electrons. The number of rotatable bonds is 2. The molecule has 0 spiro atoms. The number of amides is 1. The van der Waals surface area contributed by atoms with Crippen molar-refractivity contribution in [1.29, 1.82) is 0 Å². The molecule has 0 N–H and O–H groups in total. The van der Waals surface area contributed by atoms with Gasteiger partial charge in [-0.15, -0.1) is 0 Å². The van der Waals surface area contributed by atoms with E-state index in [1.54, 1.807) is 12.1 Å². The van der Waals surface area contributed by atoms with Gasteiger partial charge in [-0.2, -0.15) is 0 Å². The van der Waals surface area contributed by atoms with Gasteiger partial charge in [0.15, 0.2) is 5.12 Å². The summed E-state index contributed by atoms with van der Waals surface area (Å²) >= 11 is 4.38. The second kappa shape index (κ2) is 5.40. The summed E-state index contributed by atoms with van der Waals surface area (Å²) in [6.07, 6.45) is 0.269. The molecular formula is C12H11BrFNO2S. The number of carbonyl (C=O) groups excluding carboxylic acids is 2. The van der Waals surface area contributed by atoms with E-state index >= 15 is 0 Å². The zero-order chi connectivity index (χ0) is 13.3. The van der Waals surface area contributed by atoms with E-state index < -0.39 is 5.82 Å². The van der Waals surface area contributed by atoms with Crippen LogP contribution in [0.1, 0.15) is 13.3 Å². The van der Waals surface area contributed by atoms with Crippen LogP contribution in [0.3, 0.4) is 0 Å². The lowest BCUT2D eigenvalue weighted by Crippen LogP contribution is -2.26. The zero-order valence-corrected chi connectivity index (χ0v) is 12.1. The molecule has 1 unspecified atom stereocenters. The molecule has 3 nitrogen and oxygen atoms in total. The van der Waals surface area contributed by atoms with Crippen LogP contribution in [0, 0.1) is 5.82 Å². The Morgan fingerprint density at radius 3 is 2.89 bits per heavy atom. The van der Waals surface area contributed by atoms with E-state index in [4.69, 9.17) is 0 Å². The van der Waals surface area contributed by atoms with E-state index in [0.29, 0.717) is 11.0 Å². The van der Waals surface area contributed by atoms with Gasteiger partial charge in [-0.25, -0.2) is 4.39 Å². The number of hydrogen-bond donors (Lipinski definition) is 0. The lowest BCUT2D eigenvalue weighted by atomic mass is 10.3. The summed E-state index contributed by atoms with van der Waals surface area (Å²) in [7, 11) is 0. The van der Waals surface area contributed by atoms with Crippen molar-refractivity contribution in [3.8, 4) is 0 Å². The van der Waals surface area contributed by atoms with Crippen LogP contribution in [0.5, 0.6) is 0 Å². The third kappa shape index (κ3) is 2.75. The second-order valence-corrected chi connectivity index (χ2v) is 6.34. The van der Waals surface area contributed by atoms with E-state index in [2.05, 4.69) is 15.9 Å². The molecule has 1 heterocycles. The lowest BCUT2D eigenvalue weighted by Gasteiger charge is -2.18. The quantitative estimate of drug-likeness (QED) is 0.836. The summed E-state index contributed by atoms with van der Waals surface area (Å²) in [4.78, 5) is 24.3. The van der Waals surface area contributed by atoms with Crippen LogP contribution in [0.4, 0.5) is 10.1 Å². The van der Waals surface area contributed by atoms with E-state index in [-0.39, 0.29) is 28.4 Å². The zero-order valence-electron chi connectivity index (χ0n) is 9.65. The third-order valence-electron chi connectivity index (χ3n) is 2.63. The first-order chi connectivity index (χ1) is 8.49. The van der Waals surface area contributed by atoms with Gasteiger partial charge in [-0.05, 0) is 28.1 Å². The molecule has 18 heavy (non-hydrogen) atoms. The SMILES string of the molecule is CC(=O)SC1CC(=O)N(c2c(F)cccc2Br)C1. The molecule has 1 fully saturated rings. The molecule has 0 bridgehead atoms. The molecule has 96 valence electrons. The molecule has 1 aromatic carbocycles. The molecule has 1 atom stereocenters. The highest BCUT2D eigenvalue weighted by molar-refractivity contribution is 9.10. The smallest absolute Gasteiger partial charge is 0.228 e. The molecule has 1 aliphatic rings. The summed E-state index contributed by atoms with van der Waals surface area (Å²) in [6.45, 7) is 1.83. The Labute approximate surface area is 117 Å². The van der Waals surface area contributed by atoms with Gasteiger partial charge in [0.1, 0.15) is 5.82 Å². The first kappa shape index (κ1) is 13.5. The normalized spacial score (nSPS) is 19.4. The van der Waals surface area contributed by atoms with E-state index in [1.165, 1.54) is 17.9 Å². The summed E-state index contributed by atoms with van der Waals surface area (Å²) in [5.41, 5.74) is 0.258. The average Bonchev–Trinajstić information content (AvgIpc) is 2.58. The van der Waals surface area contributed by atoms with Crippen molar-refractivity contribution in [2.24, 2.45) is 0 Å². The van der Waals surface area contributed by atoms with Crippen LogP contribution in [0.15, 0.2) is 22.7 Å². The van der Waals surface area contributed by atoms with Crippen LogP contribution in [0.2, 0.25) is 0 Å². The molecule has 6 heteroatoms. The molecule has 0 aliphatic carbocycles. The number of carbonyl (C=O) groups is 2. The van der Waals surface area contributed by atoms with Crippen LogP contribution < -0.4 is 4.90 Å². The topological polar surface area (TPSA) is 37.4 Å². The molecule has 1 saturated heterocycles. The standard InChI is InChI=1S/C12H11BrFNO2S/c1-7(16)18-8-5-11(17)15(6-8)12-9(13)3-2-4-10(12)14/h2-4,8H,5-6H2,1H3. The Kier molecular flexibility index (Phi) is 4.07. The van der Waals surface area contributed by atoms with Gasteiger partial charge in [0, 0.05) is 29.6 Å². The minimum Gasteiger partial charge on any atom is -0.308 e. The van der Waals surface area contributed by atoms with Gasteiger partial charge in [-0.3, -0.25) is 9.59 Å². The summed E-state index contributed by atoms with van der Waals surface area (Å²) in [5, 5.41) is -0.122. The Morgan fingerprint density at radius 2 is 2.28 bits per heavy atom. The molecule has 0 saturated carbocycles. The van der Waals surface area contributed by atoms with Crippen molar-refractivity contribution in [2.45, 2.75) is 18.6 Å². The first-order valence-electron chi connectivity index (χ1n) is 5.40. The molecule has 1 aromatic rings. The van der Waals surface area contributed by atoms with Gasteiger partial charge in [0.25, 0.3) is 0 Å². The maximum atomic E-state index is 13.8. The predicted molar refractivity (Wildman–Crippen MR) is 73.1 cm³/mol. The van der Waals surface area contributed by atoms with Crippen LogP contribution in [0.25, 0.3) is 0 Å². The summed E-state index contributed by atoms with van der Waals surface area (Å²) in [6, 6.07) is 4.58. The number of halogens is 2. The van der Waals surface area contributed by atoms with Crippen molar-refractivity contribution in [2.75, 3.05) is 11.4 Å². The van der Waals surface area contributed by atoms with Gasteiger partial charge in [-0.1, -0.05) is 17.8 Å². The Balaban J connectivity index is 2.24. The molecule has 1 aliphatic heterocycles. The molecule has 2 rings (SSSR count). The highest BCUT2D eigenvalue weighted by Gasteiger charge is 2.34. The lowest BCUT2D eigenvalue weighted by molar-refractivity contribution is -0.117. The van der Waals surface area contributed by atoms with Gasteiger partial charge in [0.05, 0.1) is 5.69 Å². The van der Waals surface area contributed by atoms with E-state index in [1.807, 2.05) is 0 Å². The van der Waals surface area contributed by atoms with Gasteiger partial charge >= 0.3 is 0 Å². The summed E-state index contributed by atoms with van der Waals surface area (Å²) < 4.78 is 14.3. The van der Waals surface area contributed by atoms with Crippen molar-refractivity contribution in [1.82, 2.24) is 0 Å². The second-order valence-electron chi connectivity index (χ2n) is 4.01. The highest BCUT2D eigenvalue weighted by Crippen LogP contribution is 2.34. The van der Waals surface area contributed by atoms with Crippen LogP contribution >= 0.6 is 27.7 Å². The average molecular weight is 332 g/mol. The Bertz CT molecular complexity index is 489. The Morgan fingerprint density at radius 1 is 1.56 bits per heavy atom. The fourth-order valence-corrected chi connectivity index (χ4v) is 3.43. The maximum Gasteiger partial charge on any atom is 0.228 e. The number of anilines is 1. The number of benzene rings is 1. The third-order valence-corrected chi connectivity index (χ3v) is 4.25. The summed E-state index contributed by atoms with van der Waals surface area (Å²) in [5.74, 6) is -0.592. The Hall–Kier alpha value is -0.880. The van der Waals surface area contributed by atoms with Gasteiger partial charge in [0.2, 0.25) is 5.91 Å². The molecule has 1 amide bonds. The largest absolute Gasteiger partial charge is 0.308 e. The predicted octanol–water partition coefficient (Wildman–Crippen LogP) is 2.97. The first-order valence-corrected chi connectivity index (χ1v) is 7.08. The molecule has 0 aromatic heterocycles. The minimum absolute atomic E-state index is 0.0257. The van der Waals surface area contributed by atoms with E-state index in [0.717, 1.165) is 11.8 Å². The molecular weight excluding hydrogens is 321 g/mol. The number of nitrogens with zero attached hydrogens (tertiary/aromatic N) is 1. The van der Waals surface area contributed by atoms with Crippen LogP contribution in [-0.2, 0) is 9.59 Å². The van der Waals surface area contributed by atoms with Crippen LogP contribution in [-0.4, -0.2) is 22.8 Å². The minimum atomic E-state index is -0.439. The number of para-hydroxylation sites is 1. The van der Waals surface area contributed by atoms with Crippen molar-refractivity contribution in [3.63, 3.8) is 0 Å². The van der Waals surface area contributed by atoms with Gasteiger partial charge < -0.3 is 4.90 Å². The van der Waals surface area contributed by atoms with E-state index in [9.17, 15) is 14.0 Å². The van der Waals surface area contributed by atoms with Crippen molar-refractivity contribution in [3.05, 3.63) is 28.5 Å². The fraction of sp³-hybridized carbons (Fsp3) is 0.333. The fourth-order valence-electron chi connectivity index (χ4n) is 1.95. The monoisotopic (exact) mass is 331 g/mol. The number of hydrogen-bond acceptors (Lipinski definition) is 3.